The SMILES string of the molecule is CN(C=O)C(=O)C[S+]=P(O)(O)S. The van der Waals surface area contributed by atoms with Crippen molar-refractivity contribution in [2.75, 3.05) is 12.8 Å². The highest BCUT2D eigenvalue weighted by molar-refractivity contribution is 8.62. The molecule has 0 aliphatic heterocycles. The predicted molar refractivity (Wildman–Crippen MR) is 51.4 cm³/mol. The lowest BCUT2D eigenvalue weighted by Gasteiger charge is -2.01. The van der Waals surface area contributed by atoms with Crippen LogP contribution in [-0.4, -0.2) is 39.8 Å². The predicted octanol–water partition coefficient (Wildman–Crippen LogP) is -0.724. The van der Waals surface area contributed by atoms with E-state index in [1.165, 1.54) is 7.05 Å². The molecule has 0 unspecified atom stereocenters. The monoisotopic (exact) mass is 230 g/mol. The first-order chi connectivity index (χ1) is 5.37. The van der Waals surface area contributed by atoms with Gasteiger partial charge >= 0.3 is 5.69 Å². The second-order valence-electron chi connectivity index (χ2n) is 1.90. The maximum Gasteiger partial charge on any atom is 0.427 e. The Kier molecular flexibility index (Phi) is 4.96. The molecular weight excluding hydrogens is 221 g/mol. The molecule has 8 heteroatoms. The van der Waals surface area contributed by atoms with E-state index in [0.29, 0.717) is 17.4 Å². The molecule has 0 aromatic heterocycles. The first-order valence-corrected chi connectivity index (χ1v) is 7.23. The van der Waals surface area contributed by atoms with Crippen molar-refractivity contribution >= 4 is 41.2 Å². The van der Waals surface area contributed by atoms with E-state index < -0.39 is 11.6 Å². The molecule has 0 rings (SSSR count). The lowest BCUT2D eigenvalue weighted by atomic mass is 10.6. The van der Waals surface area contributed by atoms with Crippen molar-refractivity contribution in [3.8, 4) is 0 Å². The number of amides is 2. The lowest BCUT2D eigenvalue weighted by molar-refractivity contribution is -0.134. The fourth-order valence-corrected chi connectivity index (χ4v) is 2.16. The minimum Gasteiger partial charge on any atom is -0.304 e. The molecule has 0 saturated heterocycles. The molecule has 2 N–H and O–H groups in total. The normalized spacial score (nSPS) is 10.7. The second kappa shape index (κ2) is 4.94. The number of hydrogen-bond acceptors (Lipinski definition) is 2. The maximum absolute atomic E-state index is 10.9. The van der Waals surface area contributed by atoms with E-state index in [0.717, 1.165) is 4.90 Å². The van der Waals surface area contributed by atoms with Gasteiger partial charge in [-0.1, -0.05) is 0 Å². The zero-order chi connectivity index (χ0) is 9.78. The summed E-state index contributed by atoms with van der Waals surface area (Å²) in [6, 6.07) is 0. The van der Waals surface area contributed by atoms with E-state index in [9.17, 15) is 9.59 Å². The highest BCUT2D eigenvalue weighted by Crippen LogP contribution is 2.42. The number of thiol groups is 1. The molecule has 0 atom stereocenters. The summed E-state index contributed by atoms with van der Waals surface area (Å²) in [5, 5.41) is 0. The molecule has 12 heavy (non-hydrogen) atoms. The summed E-state index contributed by atoms with van der Waals surface area (Å²) < 4.78 is 0. The lowest BCUT2D eigenvalue weighted by Crippen LogP contribution is -2.27. The minimum absolute atomic E-state index is 0.167. The van der Waals surface area contributed by atoms with E-state index >= 15 is 0 Å². The van der Waals surface area contributed by atoms with Crippen LogP contribution in [0.15, 0.2) is 0 Å². The second-order valence-corrected chi connectivity index (χ2v) is 8.26. The third-order valence-electron chi connectivity index (χ3n) is 0.913. The molecule has 70 valence electrons. The summed E-state index contributed by atoms with van der Waals surface area (Å²) >= 11 is 3.45. The Bertz CT molecular complexity index is 229. The number of hydrogen-bond donors (Lipinski definition) is 3. The van der Waals surface area contributed by atoms with Crippen LogP contribution in [0.4, 0.5) is 0 Å². The zero-order valence-electron chi connectivity index (χ0n) is 6.25. The summed E-state index contributed by atoms with van der Waals surface area (Å²) in [5.41, 5.74) is -3.27. The van der Waals surface area contributed by atoms with Gasteiger partial charge in [0.15, 0.2) is 0 Å². The van der Waals surface area contributed by atoms with Crippen molar-refractivity contribution in [1.29, 1.82) is 0 Å². The number of imide groups is 1. The fourth-order valence-electron chi connectivity index (χ4n) is 0.302. The Balaban J connectivity index is 4.13. The van der Waals surface area contributed by atoms with Crippen LogP contribution in [-0.2, 0) is 20.5 Å². The number of nitrogens with zero attached hydrogens (tertiary/aromatic N) is 1. The molecule has 0 heterocycles. The van der Waals surface area contributed by atoms with E-state index in [2.05, 4.69) is 12.2 Å². The average Bonchev–Trinajstić information content (AvgIpc) is 1.97. The van der Waals surface area contributed by atoms with Crippen LogP contribution < -0.4 is 0 Å². The molecule has 0 radical (unpaired) electrons. The molecule has 2 amide bonds. The first-order valence-electron chi connectivity index (χ1n) is 2.79. The zero-order valence-corrected chi connectivity index (χ0v) is 8.85. The van der Waals surface area contributed by atoms with E-state index in [-0.39, 0.29) is 5.75 Å². The quantitative estimate of drug-likeness (QED) is 0.259. The maximum atomic E-state index is 10.9. The molecule has 0 aromatic rings. The van der Waals surface area contributed by atoms with Crippen molar-refractivity contribution in [3.05, 3.63) is 0 Å². The van der Waals surface area contributed by atoms with Crippen molar-refractivity contribution in [3.63, 3.8) is 0 Å². The van der Waals surface area contributed by atoms with Crippen LogP contribution in [0.3, 0.4) is 0 Å². The minimum atomic E-state index is -3.27. The molecule has 0 saturated carbocycles. The van der Waals surface area contributed by atoms with Crippen LogP contribution in [0.5, 0.6) is 0 Å². The van der Waals surface area contributed by atoms with Gasteiger partial charge in [0.25, 0.3) is 11.7 Å². The van der Waals surface area contributed by atoms with Gasteiger partial charge in [-0.15, -0.1) is 0 Å². The highest BCUT2D eigenvalue weighted by atomic mass is 32.9. The van der Waals surface area contributed by atoms with Crippen molar-refractivity contribution in [1.82, 2.24) is 4.90 Å². The largest absolute Gasteiger partial charge is 0.427 e. The van der Waals surface area contributed by atoms with E-state index in [1.807, 2.05) is 0 Å². The van der Waals surface area contributed by atoms with Gasteiger partial charge in [0.05, 0.1) is 0 Å². The summed E-state index contributed by atoms with van der Waals surface area (Å²) in [7, 11) is 1.92. The summed E-state index contributed by atoms with van der Waals surface area (Å²) in [6.07, 6.45) is 0.357. The molecule has 0 bridgehead atoms. The van der Waals surface area contributed by atoms with Gasteiger partial charge in [0.2, 0.25) is 17.4 Å². The van der Waals surface area contributed by atoms with Crippen molar-refractivity contribution in [2.24, 2.45) is 0 Å². The van der Waals surface area contributed by atoms with E-state index in [4.69, 9.17) is 9.79 Å². The molecule has 0 aliphatic rings. The number of carbonyl (C=O) groups excluding carboxylic acids is 2. The highest BCUT2D eigenvalue weighted by Gasteiger charge is 2.21. The van der Waals surface area contributed by atoms with Crippen LogP contribution >= 0.6 is 17.9 Å². The summed E-state index contributed by atoms with van der Waals surface area (Å²) in [4.78, 5) is 39.2. The first kappa shape index (κ1) is 12.1. The van der Waals surface area contributed by atoms with Crippen molar-refractivity contribution in [2.45, 2.75) is 0 Å². The average molecular weight is 230 g/mol. The third-order valence-corrected chi connectivity index (χ3v) is 4.10. The standard InChI is InChI=1S/C4H9NO4PS2/c1-5(3-6)4(7)2-12-10(8,9)11/h3,8-9,11H,2H2,1H3/q+1. The Morgan fingerprint density at radius 2 is 2.25 bits per heavy atom. The summed E-state index contributed by atoms with van der Waals surface area (Å²) in [6.45, 7) is 0. The molecular formula is C4H9NO4PS2+. The number of carbonyl (C=O) groups is 2. The van der Waals surface area contributed by atoms with Gasteiger partial charge in [-0.3, -0.25) is 14.5 Å². The van der Waals surface area contributed by atoms with Crippen LogP contribution in [0.2, 0.25) is 0 Å². The van der Waals surface area contributed by atoms with Gasteiger partial charge in [-0.2, -0.15) is 0 Å². The topological polar surface area (TPSA) is 77.8 Å². The molecule has 0 spiro atoms. The number of rotatable bonds is 3. The Hall–Kier alpha value is 0.0600. The van der Waals surface area contributed by atoms with E-state index in [1.54, 1.807) is 0 Å². The molecule has 0 fully saturated rings. The summed E-state index contributed by atoms with van der Waals surface area (Å²) in [5.74, 6) is -0.656. The Labute approximate surface area is 78.7 Å². The Morgan fingerprint density at radius 3 is 2.58 bits per heavy atom. The van der Waals surface area contributed by atoms with Gasteiger partial charge in [-0.25, -0.2) is 0 Å². The molecule has 5 nitrogen and oxygen atoms in total. The van der Waals surface area contributed by atoms with Gasteiger partial charge < -0.3 is 9.79 Å². The van der Waals surface area contributed by atoms with Gasteiger partial charge in [-0.05, 0) is 12.2 Å². The van der Waals surface area contributed by atoms with Crippen LogP contribution in [0, 0.1) is 0 Å². The van der Waals surface area contributed by atoms with Gasteiger partial charge in [0.1, 0.15) is 0 Å². The van der Waals surface area contributed by atoms with Gasteiger partial charge in [0, 0.05) is 7.05 Å². The van der Waals surface area contributed by atoms with Crippen LogP contribution in [0.1, 0.15) is 0 Å². The molecule has 0 aromatic carbocycles. The third kappa shape index (κ3) is 5.68. The smallest absolute Gasteiger partial charge is 0.304 e. The molecule has 0 aliphatic carbocycles. The fraction of sp³-hybridized carbons (Fsp3) is 0.500. The Morgan fingerprint density at radius 1 is 1.75 bits per heavy atom. The van der Waals surface area contributed by atoms with Crippen molar-refractivity contribution < 1.29 is 19.4 Å². The van der Waals surface area contributed by atoms with Crippen LogP contribution in [0.25, 0.3) is 0 Å².